The van der Waals surface area contributed by atoms with Crippen LogP contribution in [0.1, 0.15) is 6.92 Å². The number of hydrogen-bond acceptors (Lipinski definition) is 5. The molecule has 1 rings (SSSR count). The van der Waals surface area contributed by atoms with Gasteiger partial charge in [0.05, 0.1) is 22.3 Å². The normalized spacial score (nSPS) is 11.8. The number of esters is 1. The summed E-state index contributed by atoms with van der Waals surface area (Å²) in [7, 11) is 0. The molecule has 1 aromatic rings. The van der Waals surface area contributed by atoms with Gasteiger partial charge in [0.1, 0.15) is 6.26 Å². The maximum atomic E-state index is 11.3. The fourth-order valence-corrected chi connectivity index (χ4v) is 1.28. The second-order valence-electron chi connectivity index (χ2n) is 3.03. The summed E-state index contributed by atoms with van der Waals surface area (Å²) in [6, 6.07) is 4.59. The van der Waals surface area contributed by atoms with E-state index in [2.05, 4.69) is 15.0 Å². The van der Waals surface area contributed by atoms with Crippen molar-refractivity contribution in [3.8, 4) is 0 Å². The monoisotopic (exact) mass is 288 g/mol. The predicted octanol–water partition coefficient (Wildman–Crippen LogP) is 4.04. The third-order valence-corrected chi connectivity index (χ3v) is 2.52. The van der Waals surface area contributed by atoms with Crippen LogP contribution in [0.15, 0.2) is 40.4 Å². The van der Waals surface area contributed by atoms with Crippen LogP contribution in [-0.4, -0.2) is 17.7 Å². The highest BCUT2D eigenvalue weighted by Gasteiger charge is 2.09. The number of aliphatic hydroxyl groups is 1. The van der Waals surface area contributed by atoms with Crippen LogP contribution in [0.4, 0.5) is 5.69 Å². The molecule has 0 saturated heterocycles. The fourth-order valence-electron chi connectivity index (χ4n) is 0.983. The molecule has 0 aromatic heterocycles. The topological polar surface area (TPSA) is 71.2 Å². The third kappa shape index (κ3) is 4.01. The van der Waals surface area contributed by atoms with Crippen molar-refractivity contribution in [3.63, 3.8) is 0 Å². The molecule has 0 spiro atoms. The molecule has 96 valence electrons. The molecule has 0 aliphatic heterocycles. The highest BCUT2D eigenvalue weighted by atomic mass is 35.5. The Morgan fingerprint density at radius 3 is 2.72 bits per heavy atom. The standard InChI is InChI=1S/C11H10Cl2N2O3/c1-2-18-11(17)10(6-16)15-14-7-3-4-8(12)9(13)5-7/h3-6,16H,2H2,1H3/b10-6+,15-14?. The number of nitrogens with zero attached hydrogens (tertiary/aromatic N) is 2. The Kier molecular flexibility index (Phi) is 5.61. The molecule has 0 bridgehead atoms. The minimum Gasteiger partial charge on any atom is -0.513 e. The summed E-state index contributed by atoms with van der Waals surface area (Å²) < 4.78 is 4.66. The van der Waals surface area contributed by atoms with E-state index in [0.717, 1.165) is 0 Å². The zero-order valence-electron chi connectivity index (χ0n) is 9.43. The van der Waals surface area contributed by atoms with E-state index in [1.54, 1.807) is 19.1 Å². The number of aliphatic hydroxyl groups excluding tert-OH is 1. The third-order valence-electron chi connectivity index (χ3n) is 1.78. The lowest BCUT2D eigenvalue weighted by atomic mass is 10.3. The first-order valence-corrected chi connectivity index (χ1v) is 5.72. The van der Waals surface area contributed by atoms with E-state index in [9.17, 15) is 4.79 Å². The number of carbonyl (C=O) groups excluding carboxylic acids is 1. The Hall–Kier alpha value is -1.59. The lowest BCUT2D eigenvalue weighted by molar-refractivity contribution is -0.138. The van der Waals surface area contributed by atoms with Crippen molar-refractivity contribution in [3.05, 3.63) is 40.2 Å². The first-order valence-electron chi connectivity index (χ1n) is 4.96. The number of hydrogen-bond donors (Lipinski definition) is 1. The van der Waals surface area contributed by atoms with Crippen LogP contribution in [0.25, 0.3) is 0 Å². The van der Waals surface area contributed by atoms with Crippen molar-refractivity contribution < 1.29 is 14.6 Å². The van der Waals surface area contributed by atoms with Crippen LogP contribution in [0.2, 0.25) is 10.0 Å². The lowest BCUT2D eigenvalue weighted by Crippen LogP contribution is -2.05. The SMILES string of the molecule is CCOC(=O)/C(=C\O)N=Nc1ccc(Cl)c(Cl)c1. The average Bonchev–Trinajstić information content (AvgIpc) is 2.34. The molecule has 0 amide bonds. The van der Waals surface area contributed by atoms with E-state index in [1.807, 2.05) is 0 Å². The summed E-state index contributed by atoms with van der Waals surface area (Å²) in [6.45, 7) is 1.82. The number of carbonyl (C=O) groups is 1. The molecular weight excluding hydrogens is 279 g/mol. The molecule has 1 N–H and O–H groups in total. The van der Waals surface area contributed by atoms with E-state index in [-0.39, 0.29) is 12.3 Å². The number of ether oxygens (including phenoxy) is 1. The molecule has 0 saturated carbocycles. The summed E-state index contributed by atoms with van der Waals surface area (Å²) >= 11 is 11.5. The molecule has 0 unspecified atom stereocenters. The quantitative estimate of drug-likeness (QED) is 0.393. The van der Waals surface area contributed by atoms with E-state index >= 15 is 0 Å². The van der Waals surface area contributed by atoms with Crippen molar-refractivity contribution in [2.75, 3.05) is 6.61 Å². The van der Waals surface area contributed by atoms with Crippen LogP contribution in [-0.2, 0) is 9.53 Å². The second kappa shape index (κ2) is 6.98. The van der Waals surface area contributed by atoms with Crippen molar-refractivity contribution in [2.24, 2.45) is 10.2 Å². The van der Waals surface area contributed by atoms with Gasteiger partial charge < -0.3 is 9.84 Å². The summed E-state index contributed by atoms with van der Waals surface area (Å²) in [5, 5.41) is 16.8. The summed E-state index contributed by atoms with van der Waals surface area (Å²) in [4.78, 5) is 11.3. The maximum Gasteiger partial charge on any atom is 0.362 e. The molecule has 0 radical (unpaired) electrons. The molecule has 0 atom stereocenters. The average molecular weight is 289 g/mol. The smallest absolute Gasteiger partial charge is 0.362 e. The summed E-state index contributed by atoms with van der Waals surface area (Å²) in [6.07, 6.45) is 0.527. The zero-order chi connectivity index (χ0) is 13.5. The van der Waals surface area contributed by atoms with Crippen LogP contribution in [0.3, 0.4) is 0 Å². The number of rotatable bonds is 4. The largest absolute Gasteiger partial charge is 0.513 e. The van der Waals surface area contributed by atoms with Gasteiger partial charge in [-0.2, -0.15) is 5.11 Å². The maximum absolute atomic E-state index is 11.3. The van der Waals surface area contributed by atoms with Gasteiger partial charge in [0.25, 0.3) is 0 Å². The Morgan fingerprint density at radius 1 is 1.44 bits per heavy atom. The lowest BCUT2D eigenvalue weighted by Gasteiger charge is -1.99. The minimum atomic E-state index is -0.760. The molecule has 0 aliphatic carbocycles. The second-order valence-corrected chi connectivity index (χ2v) is 3.85. The fraction of sp³-hybridized carbons (Fsp3) is 0.182. The van der Waals surface area contributed by atoms with E-state index in [4.69, 9.17) is 28.3 Å². The number of halogens is 2. The van der Waals surface area contributed by atoms with Crippen molar-refractivity contribution in [1.82, 2.24) is 0 Å². The van der Waals surface area contributed by atoms with Crippen molar-refractivity contribution in [1.29, 1.82) is 0 Å². The predicted molar refractivity (Wildman–Crippen MR) is 68.3 cm³/mol. The summed E-state index contributed by atoms with van der Waals surface area (Å²) in [5.41, 5.74) is 0.0935. The van der Waals surface area contributed by atoms with Gasteiger partial charge in [0, 0.05) is 0 Å². The molecule has 5 nitrogen and oxygen atoms in total. The highest BCUT2D eigenvalue weighted by molar-refractivity contribution is 6.42. The van der Waals surface area contributed by atoms with Gasteiger partial charge in [-0.25, -0.2) is 4.79 Å². The Labute approximate surface area is 114 Å². The highest BCUT2D eigenvalue weighted by Crippen LogP contribution is 2.27. The molecule has 0 fully saturated rings. The molecule has 7 heteroatoms. The first kappa shape index (κ1) is 14.5. The van der Waals surface area contributed by atoms with Crippen molar-refractivity contribution in [2.45, 2.75) is 6.92 Å². The van der Waals surface area contributed by atoms with Crippen molar-refractivity contribution >= 4 is 34.9 Å². The molecule has 18 heavy (non-hydrogen) atoms. The molecule has 0 heterocycles. The molecule has 1 aromatic carbocycles. The van der Waals surface area contributed by atoms with Gasteiger partial charge >= 0.3 is 5.97 Å². The zero-order valence-corrected chi connectivity index (χ0v) is 10.9. The van der Waals surface area contributed by atoms with Gasteiger partial charge in [0.2, 0.25) is 5.70 Å². The minimum absolute atomic E-state index is 0.179. The van der Waals surface area contributed by atoms with E-state index < -0.39 is 5.97 Å². The van der Waals surface area contributed by atoms with Gasteiger partial charge in [0.15, 0.2) is 0 Å². The first-order chi connectivity index (χ1) is 8.58. The van der Waals surface area contributed by atoms with Crippen LogP contribution in [0, 0.1) is 0 Å². The Morgan fingerprint density at radius 2 is 2.17 bits per heavy atom. The van der Waals surface area contributed by atoms with Gasteiger partial charge in [-0.3, -0.25) is 0 Å². The van der Waals surface area contributed by atoms with Gasteiger partial charge in [-0.05, 0) is 25.1 Å². The Balaban J connectivity index is 2.84. The van der Waals surface area contributed by atoms with Gasteiger partial charge in [-0.15, -0.1) is 5.11 Å². The Bertz CT molecular complexity index is 501. The summed E-state index contributed by atoms with van der Waals surface area (Å²) in [5.74, 6) is -0.760. The number of benzene rings is 1. The van der Waals surface area contributed by atoms with Gasteiger partial charge in [-0.1, -0.05) is 23.2 Å². The van der Waals surface area contributed by atoms with E-state index in [1.165, 1.54) is 6.07 Å². The van der Waals surface area contributed by atoms with Crippen LogP contribution in [0.5, 0.6) is 0 Å². The molecule has 0 aliphatic rings. The van der Waals surface area contributed by atoms with E-state index in [0.29, 0.717) is 22.0 Å². The van der Waals surface area contributed by atoms with Crippen LogP contribution < -0.4 is 0 Å². The van der Waals surface area contributed by atoms with Crippen LogP contribution >= 0.6 is 23.2 Å². The number of azo groups is 1. The molecular formula is C11H10Cl2N2O3.